The van der Waals surface area contributed by atoms with Crippen molar-refractivity contribution < 1.29 is 9.47 Å². The number of aromatic nitrogens is 1. The Morgan fingerprint density at radius 3 is 2.71 bits per heavy atom. The molecule has 0 aliphatic rings. The molecular formula is C12H18N2O2Si. The summed E-state index contributed by atoms with van der Waals surface area (Å²) in [4.78, 5) is 8.47. The van der Waals surface area contributed by atoms with Gasteiger partial charge in [-0.15, -0.1) is 0 Å². The third-order valence-corrected chi connectivity index (χ3v) is 2.93. The highest BCUT2D eigenvalue weighted by Gasteiger charge is 2.07. The highest BCUT2D eigenvalue weighted by atomic mass is 28.2. The van der Waals surface area contributed by atoms with Gasteiger partial charge in [0.25, 0.3) is 0 Å². The normalized spacial score (nSPS) is 11.5. The van der Waals surface area contributed by atoms with Gasteiger partial charge in [0.1, 0.15) is 15.4 Å². The van der Waals surface area contributed by atoms with Crippen LogP contribution in [-0.2, 0) is 9.47 Å². The lowest BCUT2D eigenvalue weighted by Crippen LogP contribution is -2.26. The van der Waals surface area contributed by atoms with Gasteiger partial charge in [-0.05, 0) is 26.0 Å². The Morgan fingerprint density at radius 1 is 1.35 bits per heavy atom. The fraction of sp³-hybridized carbons (Fsp3) is 0.500. The molecule has 0 atom stereocenters. The highest BCUT2D eigenvalue weighted by Crippen LogP contribution is 1.94. The van der Waals surface area contributed by atoms with Crippen molar-refractivity contribution in [2.75, 3.05) is 19.4 Å². The zero-order valence-electron chi connectivity index (χ0n) is 10.3. The average molecular weight is 250 g/mol. The Hall–Kier alpha value is -1.04. The van der Waals surface area contributed by atoms with Crippen molar-refractivity contribution in [1.29, 1.82) is 0 Å². The smallest absolute Gasteiger partial charge is 0.144 e. The van der Waals surface area contributed by atoms with Crippen LogP contribution < -0.4 is 0 Å². The molecule has 0 bridgehead atoms. The quantitative estimate of drug-likeness (QED) is 0.399. The van der Waals surface area contributed by atoms with Gasteiger partial charge < -0.3 is 9.47 Å². The molecule has 4 nitrogen and oxygen atoms in total. The van der Waals surface area contributed by atoms with Crippen LogP contribution in [0.5, 0.6) is 0 Å². The molecule has 0 amide bonds. The number of nitrogens with zero attached hydrogens (tertiary/aromatic N) is 2. The zero-order valence-corrected chi connectivity index (χ0v) is 11.3. The largest absolute Gasteiger partial charge is 0.357 e. The summed E-state index contributed by atoms with van der Waals surface area (Å²) >= 11 is 0. The first-order chi connectivity index (χ1) is 8.36. The molecule has 1 aromatic heterocycles. The van der Waals surface area contributed by atoms with E-state index in [2.05, 4.69) is 9.98 Å². The van der Waals surface area contributed by atoms with E-state index in [1.165, 1.54) is 0 Å². The van der Waals surface area contributed by atoms with Gasteiger partial charge in [0.15, 0.2) is 0 Å². The topological polar surface area (TPSA) is 43.7 Å². The summed E-state index contributed by atoms with van der Waals surface area (Å²) in [6, 6.07) is 5.76. The molecule has 0 fully saturated rings. The Balaban J connectivity index is 2.28. The maximum absolute atomic E-state index is 5.44. The van der Waals surface area contributed by atoms with Crippen LogP contribution in [0.25, 0.3) is 0 Å². The SMILES string of the molecule is CCOC(OCC)[Si]CN=Cc1ccccn1. The molecule has 1 heterocycles. The van der Waals surface area contributed by atoms with Crippen LogP contribution in [0.4, 0.5) is 0 Å². The highest BCUT2D eigenvalue weighted by molar-refractivity contribution is 6.37. The molecule has 1 aromatic rings. The van der Waals surface area contributed by atoms with Crippen LogP contribution in [0, 0.1) is 0 Å². The van der Waals surface area contributed by atoms with Crippen molar-refractivity contribution >= 4 is 15.7 Å². The molecule has 92 valence electrons. The molecule has 2 radical (unpaired) electrons. The third kappa shape index (κ3) is 6.30. The molecule has 0 aliphatic carbocycles. The number of ether oxygens (including phenoxy) is 2. The Labute approximate surface area is 105 Å². The summed E-state index contributed by atoms with van der Waals surface area (Å²) in [7, 11) is 0.519. The van der Waals surface area contributed by atoms with E-state index >= 15 is 0 Å². The third-order valence-electron chi connectivity index (χ3n) is 1.90. The zero-order chi connectivity index (χ0) is 12.3. The molecule has 5 heteroatoms. The van der Waals surface area contributed by atoms with Gasteiger partial charge in [0.05, 0.1) is 5.69 Å². The number of aliphatic imine (C=N–C) groups is 1. The maximum Gasteiger partial charge on any atom is 0.144 e. The number of rotatable bonds is 8. The summed E-state index contributed by atoms with van der Waals surface area (Å²) < 4.78 is 10.9. The fourth-order valence-electron chi connectivity index (χ4n) is 1.19. The monoisotopic (exact) mass is 250 g/mol. The molecule has 0 N–H and O–H groups in total. The van der Waals surface area contributed by atoms with E-state index in [4.69, 9.17) is 9.47 Å². The van der Waals surface area contributed by atoms with Crippen LogP contribution in [0.15, 0.2) is 29.4 Å². The molecule has 1 rings (SSSR count). The predicted octanol–water partition coefficient (Wildman–Crippen LogP) is 1.52. The number of pyridine rings is 1. The van der Waals surface area contributed by atoms with Crippen molar-refractivity contribution in [2.24, 2.45) is 4.99 Å². The minimum atomic E-state index is -0.120. The lowest BCUT2D eigenvalue weighted by molar-refractivity contribution is -0.0826. The fourth-order valence-corrected chi connectivity index (χ4v) is 2.10. The van der Waals surface area contributed by atoms with Crippen LogP contribution in [0.3, 0.4) is 0 Å². The van der Waals surface area contributed by atoms with Gasteiger partial charge >= 0.3 is 0 Å². The molecular weight excluding hydrogens is 232 g/mol. The molecule has 0 aromatic carbocycles. The van der Waals surface area contributed by atoms with Gasteiger partial charge in [-0.3, -0.25) is 9.98 Å². The lowest BCUT2D eigenvalue weighted by Gasteiger charge is -2.14. The van der Waals surface area contributed by atoms with E-state index in [1.807, 2.05) is 32.0 Å². The summed E-state index contributed by atoms with van der Waals surface area (Å²) in [5, 5.41) is 0. The second-order valence-corrected chi connectivity index (χ2v) is 4.37. The second-order valence-electron chi connectivity index (χ2n) is 3.17. The number of hydrogen-bond acceptors (Lipinski definition) is 4. The van der Waals surface area contributed by atoms with Crippen molar-refractivity contribution in [3.05, 3.63) is 30.1 Å². The molecule has 0 saturated carbocycles. The van der Waals surface area contributed by atoms with E-state index in [-0.39, 0.29) is 5.91 Å². The molecule has 17 heavy (non-hydrogen) atoms. The van der Waals surface area contributed by atoms with E-state index in [1.54, 1.807) is 12.4 Å². The Morgan fingerprint density at radius 2 is 2.12 bits per heavy atom. The summed E-state index contributed by atoms with van der Waals surface area (Å²) in [6.07, 6.45) is 4.25. The van der Waals surface area contributed by atoms with E-state index in [0.717, 1.165) is 5.69 Å². The van der Waals surface area contributed by atoms with Crippen molar-refractivity contribution in [3.8, 4) is 0 Å². The van der Waals surface area contributed by atoms with Crippen molar-refractivity contribution in [3.63, 3.8) is 0 Å². The predicted molar refractivity (Wildman–Crippen MR) is 69.5 cm³/mol. The Bertz CT molecular complexity index is 314. The molecule has 0 aliphatic heterocycles. The second kappa shape index (κ2) is 9.04. The summed E-state index contributed by atoms with van der Waals surface area (Å²) in [6.45, 7) is 5.27. The van der Waals surface area contributed by atoms with E-state index in [9.17, 15) is 0 Å². The lowest BCUT2D eigenvalue weighted by atomic mass is 10.4. The van der Waals surface area contributed by atoms with Crippen molar-refractivity contribution in [1.82, 2.24) is 4.98 Å². The average Bonchev–Trinajstić information content (AvgIpc) is 2.36. The van der Waals surface area contributed by atoms with Gasteiger partial charge in [-0.25, -0.2) is 0 Å². The summed E-state index contributed by atoms with van der Waals surface area (Å²) in [5.41, 5.74) is 0.877. The van der Waals surface area contributed by atoms with Crippen molar-refractivity contribution in [2.45, 2.75) is 19.8 Å². The van der Waals surface area contributed by atoms with E-state index < -0.39 is 0 Å². The van der Waals surface area contributed by atoms with Crippen LogP contribution in [-0.4, -0.2) is 46.0 Å². The minimum Gasteiger partial charge on any atom is -0.357 e. The minimum absolute atomic E-state index is 0.120. The molecule has 0 spiro atoms. The first kappa shape index (κ1) is 14.0. The first-order valence-corrected chi connectivity index (χ1v) is 7.02. The van der Waals surface area contributed by atoms with Gasteiger partial charge in [0.2, 0.25) is 0 Å². The van der Waals surface area contributed by atoms with Crippen LogP contribution >= 0.6 is 0 Å². The maximum atomic E-state index is 5.44. The Kier molecular flexibility index (Phi) is 7.45. The van der Waals surface area contributed by atoms with Gasteiger partial charge in [0, 0.05) is 31.8 Å². The van der Waals surface area contributed by atoms with Crippen LogP contribution in [0.1, 0.15) is 19.5 Å². The van der Waals surface area contributed by atoms with Crippen LogP contribution in [0.2, 0.25) is 0 Å². The van der Waals surface area contributed by atoms with Gasteiger partial charge in [-0.2, -0.15) is 0 Å². The first-order valence-electron chi connectivity index (χ1n) is 5.74. The molecule has 0 unspecified atom stereocenters. The standard InChI is InChI=1S/C12H18N2O2Si/c1-3-15-12(16-4-2)17-10-13-9-11-7-5-6-8-14-11/h5-9,12H,3-4,10H2,1-2H3. The van der Waals surface area contributed by atoms with E-state index in [0.29, 0.717) is 28.9 Å². The van der Waals surface area contributed by atoms with Gasteiger partial charge in [-0.1, -0.05) is 6.07 Å². The summed E-state index contributed by atoms with van der Waals surface area (Å²) in [5.74, 6) is -0.120. The molecule has 0 saturated heterocycles. The number of hydrogen-bond donors (Lipinski definition) is 0.